The van der Waals surface area contributed by atoms with Crippen LogP contribution in [0.4, 0.5) is 0 Å². The van der Waals surface area contributed by atoms with Gasteiger partial charge in [0.05, 0.1) is 0 Å². The van der Waals surface area contributed by atoms with Crippen LogP contribution in [0.15, 0.2) is 91.0 Å². The van der Waals surface area contributed by atoms with E-state index in [1.165, 1.54) is 49.0 Å². The van der Waals surface area contributed by atoms with Gasteiger partial charge in [0.2, 0.25) is 0 Å². The molecule has 0 N–H and O–H groups in total. The fraction of sp³-hybridized carbons (Fsp3) is 0.0400. The maximum absolute atomic E-state index is 2.34. The third-order valence-electron chi connectivity index (χ3n) is 5.11. The molecule has 118 valence electrons. The summed E-state index contributed by atoms with van der Waals surface area (Å²) in [5, 5.41) is 7.89. The predicted octanol–water partition coefficient (Wildman–Crippen LogP) is 7.12. The van der Waals surface area contributed by atoms with Crippen LogP contribution in [0.2, 0.25) is 0 Å². The van der Waals surface area contributed by atoms with E-state index in [4.69, 9.17) is 0 Å². The average molecular weight is 318 g/mol. The van der Waals surface area contributed by atoms with Gasteiger partial charge in [-0.3, -0.25) is 0 Å². The number of rotatable bonds is 1. The van der Waals surface area contributed by atoms with Crippen LogP contribution in [-0.4, -0.2) is 0 Å². The summed E-state index contributed by atoms with van der Waals surface area (Å²) >= 11 is 0. The van der Waals surface area contributed by atoms with Gasteiger partial charge in [-0.25, -0.2) is 0 Å². The first-order valence-corrected chi connectivity index (χ1v) is 8.71. The SMILES string of the molecule is Cc1ccc(-c2ccc3ccc4ccc5ccccc5c4c3c2)cc1. The maximum atomic E-state index is 2.34. The highest BCUT2D eigenvalue weighted by molar-refractivity contribution is 6.20. The Balaban J connectivity index is 1.89. The summed E-state index contributed by atoms with van der Waals surface area (Å²) in [6, 6.07) is 33.2. The first-order valence-electron chi connectivity index (χ1n) is 8.71. The Labute approximate surface area is 147 Å². The van der Waals surface area contributed by atoms with Crippen molar-refractivity contribution in [3.8, 4) is 11.1 Å². The minimum absolute atomic E-state index is 1.27. The van der Waals surface area contributed by atoms with Gasteiger partial charge in [-0.05, 0) is 56.4 Å². The second-order valence-corrected chi connectivity index (χ2v) is 6.75. The van der Waals surface area contributed by atoms with Crippen molar-refractivity contribution in [2.45, 2.75) is 6.92 Å². The fourth-order valence-corrected chi connectivity index (χ4v) is 3.75. The van der Waals surface area contributed by atoms with Gasteiger partial charge in [-0.1, -0.05) is 90.5 Å². The van der Waals surface area contributed by atoms with Crippen LogP contribution < -0.4 is 0 Å². The molecule has 0 radical (unpaired) electrons. The summed E-state index contributed by atoms with van der Waals surface area (Å²) in [5.74, 6) is 0. The van der Waals surface area contributed by atoms with Crippen LogP contribution in [0.5, 0.6) is 0 Å². The van der Waals surface area contributed by atoms with Gasteiger partial charge < -0.3 is 0 Å². The molecule has 0 amide bonds. The molecule has 0 heterocycles. The standard InChI is InChI=1S/C25H18/c1-17-6-8-18(9-7-17)22-15-12-20-11-14-21-13-10-19-4-2-3-5-23(19)25(21)24(20)16-22/h2-16H,1H3. The number of hydrogen-bond donors (Lipinski definition) is 0. The summed E-state index contributed by atoms with van der Waals surface area (Å²) in [6.07, 6.45) is 0. The van der Waals surface area contributed by atoms with Gasteiger partial charge in [0.25, 0.3) is 0 Å². The smallest absolute Gasteiger partial charge is 0.00266 e. The molecule has 0 saturated heterocycles. The highest BCUT2D eigenvalue weighted by Crippen LogP contribution is 2.34. The monoisotopic (exact) mass is 318 g/mol. The molecule has 0 nitrogen and oxygen atoms in total. The van der Waals surface area contributed by atoms with E-state index in [9.17, 15) is 0 Å². The van der Waals surface area contributed by atoms with Crippen LogP contribution in [0, 0.1) is 6.92 Å². The molecular weight excluding hydrogens is 300 g/mol. The first kappa shape index (κ1) is 14.2. The normalized spacial score (nSPS) is 11.4. The van der Waals surface area contributed by atoms with Gasteiger partial charge in [0.15, 0.2) is 0 Å². The predicted molar refractivity (Wildman–Crippen MR) is 109 cm³/mol. The molecule has 0 aliphatic rings. The molecule has 0 heteroatoms. The quantitative estimate of drug-likeness (QED) is 0.289. The molecular formula is C25H18. The van der Waals surface area contributed by atoms with Gasteiger partial charge >= 0.3 is 0 Å². The lowest BCUT2D eigenvalue weighted by molar-refractivity contribution is 1.47. The summed E-state index contributed by atoms with van der Waals surface area (Å²) < 4.78 is 0. The van der Waals surface area contributed by atoms with Crippen molar-refractivity contribution in [3.63, 3.8) is 0 Å². The Morgan fingerprint density at radius 2 is 1.08 bits per heavy atom. The van der Waals surface area contributed by atoms with Crippen LogP contribution in [0.3, 0.4) is 0 Å². The van der Waals surface area contributed by atoms with E-state index in [-0.39, 0.29) is 0 Å². The van der Waals surface area contributed by atoms with E-state index in [0.29, 0.717) is 0 Å². The molecule has 0 saturated carbocycles. The number of hydrogen-bond acceptors (Lipinski definition) is 0. The van der Waals surface area contributed by atoms with Gasteiger partial charge in [0.1, 0.15) is 0 Å². The number of aryl methyl sites for hydroxylation is 1. The van der Waals surface area contributed by atoms with Crippen molar-refractivity contribution in [2.75, 3.05) is 0 Å². The Kier molecular flexibility index (Phi) is 3.11. The molecule has 0 atom stereocenters. The van der Waals surface area contributed by atoms with Gasteiger partial charge in [-0.15, -0.1) is 0 Å². The lowest BCUT2D eigenvalue weighted by Gasteiger charge is -2.10. The average Bonchev–Trinajstić information content (AvgIpc) is 2.67. The zero-order chi connectivity index (χ0) is 16.8. The number of benzene rings is 5. The van der Waals surface area contributed by atoms with E-state index >= 15 is 0 Å². The van der Waals surface area contributed by atoms with Gasteiger partial charge in [-0.2, -0.15) is 0 Å². The Hall–Kier alpha value is -3.12. The lowest BCUT2D eigenvalue weighted by atomic mass is 9.94. The zero-order valence-electron chi connectivity index (χ0n) is 14.2. The fourth-order valence-electron chi connectivity index (χ4n) is 3.75. The van der Waals surface area contributed by atoms with Crippen LogP contribution in [0.1, 0.15) is 5.56 Å². The van der Waals surface area contributed by atoms with E-state index in [0.717, 1.165) is 0 Å². The lowest BCUT2D eigenvalue weighted by Crippen LogP contribution is -1.83. The van der Waals surface area contributed by atoms with E-state index in [1.807, 2.05) is 0 Å². The molecule has 0 unspecified atom stereocenters. The molecule has 5 rings (SSSR count). The molecule has 25 heavy (non-hydrogen) atoms. The largest absolute Gasteiger partial charge is 0.0616 e. The highest BCUT2D eigenvalue weighted by Gasteiger charge is 2.07. The van der Waals surface area contributed by atoms with Crippen molar-refractivity contribution in [1.29, 1.82) is 0 Å². The van der Waals surface area contributed by atoms with Crippen LogP contribution in [-0.2, 0) is 0 Å². The Morgan fingerprint density at radius 3 is 1.88 bits per heavy atom. The molecule has 0 aliphatic carbocycles. The summed E-state index contributed by atoms with van der Waals surface area (Å²) in [5.41, 5.74) is 3.83. The van der Waals surface area contributed by atoms with Crippen LogP contribution in [0.25, 0.3) is 43.4 Å². The number of fused-ring (bicyclic) bond motifs is 5. The summed E-state index contributed by atoms with van der Waals surface area (Å²) in [7, 11) is 0. The molecule has 0 fully saturated rings. The zero-order valence-corrected chi connectivity index (χ0v) is 14.2. The van der Waals surface area contributed by atoms with Crippen molar-refractivity contribution in [2.24, 2.45) is 0 Å². The molecule has 5 aromatic carbocycles. The molecule has 0 spiro atoms. The van der Waals surface area contributed by atoms with E-state index < -0.39 is 0 Å². The molecule has 0 aliphatic heterocycles. The van der Waals surface area contributed by atoms with Crippen molar-refractivity contribution >= 4 is 32.3 Å². The summed E-state index contributed by atoms with van der Waals surface area (Å²) in [6.45, 7) is 2.13. The van der Waals surface area contributed by atoms with Gasteiger partial charge in [0, 0.05) is 0 Å². The molecule has 0 aromatic heterocycles. The third-order valence-corrected chi connectivity index (χ3v) is 5.11. The molecule has 0 bridgehead atoms. The Morgan fingerprint density at radius 1 is 0.480 bits per heavy atom. The second-order valence-electron chi connectivity index (χ2n) is 6.75. The summed E-state index contributed by atoms with van der Waals surface area (Å²) in [4.78, 5) is 0. The van der Waals surface area contributed by atoms with Crippen molar-refractivity contribution in [3.05, 3.63) is 96.6 Å². The highest BCUT2D eigenvalue weighted by atomic mass is 14.1. The topological polar surface area (TPSA) is 0 Å². The minimum atomic E-state index is 1.27. The minimum Gasteiger partial charge on any atom is -0.0616 e. The van der Waals surface area contributed by atoms with E-state index in [1.54, 1.807) is 0 Å². The van der Waals surface area contributed by atoms with Crippen molar-refractivity contribution in [1.82, 2.24) is 0 Å². The first-order chi connectivity index (χ1) is 12.3. The van der Waals surface area contributed by atoms with Crippen molar-refractivity contribution < 1.29 is 0 Å². The maximum Gasteiger partial charge on any atom is -0.00266 e. The van der Waals surface area contributed by atoms with Crippen LogP contribution >= 0.6 is 0 Å². The molecule has 5 aromatic rings. The van der Waals surface area contributed by atoms with E-state index in [2.05, 4.69) is 97.9 Å². The second kappa shape index (κ2) is 5.46. The Bertz CT molecular complexity index is 1220. The third kappa shape index (κ3) is 2.30.